The molecule has 0 aliphatic rings. The smallest absolute Gasteiger partial charge is 0.296 e. The molecule has 0 saturated heterocycles. The van der Waals surface area contributed by atoms with Crippen LogP contribution in [-0.2, 0) is 0 Å². The molecule has 2 N–H and O–H groups in total. The van der Waals surface area contributed by atoms with Gasteiger partial charge in [0.15, 0.2) is 0 Å². The van der Waals surface area contributed by atoms with Crippen LogP contribution in [0.3, 0.4) is 0 Å². The van der Waals surface area contributed by atoms with Gasteiger partial charge in [-0.25, -0.2) is 0 Å². The molecule has 2 aromatic heterocycles. The van der Waals surface area contributed by atoms with Crippen molar-refractivity contribution in [2.24, 2.45) is 0 Å². The lowest BCUT2D eigenvalue weighted by Gasteiger charge is -2.09. The van der Waals surface area contributed by atoms with Crippen molar-refractivity contribution in [1.29, 1.82) is 0 Å². The monoisotopic (exact) mass is 369 g/mol. The Labute approximate surface area is 151 Å². The van der Waals surface area contributed by atoms with Gasteiger partial charge in [0.1, 0.15) is 16.7 Å². The summed E-state index contributed by atoms with van der Waals surface area (Å²) in [6.45, 7) is 0. The van der Waals surface area contributed by atoms with E-state index >= 15 is 0 Å². The highest BCUT2D eigenvalue weighted by Crippen LogP contribution is 2.22. The van der Waals surface area contributed by atoms with E-state index in [2.05, 4.69) is 10.1 Å². The summed E-state index contributed by atoms with van der Waals surface area (Å²) < 4.78 is 6.10. The van der Waals surface area contributed by atoms with Crippen molar-refractivity contribution in [3.63, 3.8) is 0 Å². The summed E-state index contributed by atoms with van der Waals surface area (Å²) >= 11 is 5.97. The Morgan fingerprint density at radius 2 is 1.88 bits per heavy atom. The van der Waals surface area contributed by atoms with Gasteiger partial charge in [-0.15, -0.1) is 5.10 Å². The average molecular weight is 370 g/mol. The number of rotatable bonds is 2. The minimum Gasteiger partial charge on any atom is -0.497 e. The van der Waals surface area contributed by atoms with Gasteiger partial charge in [-0.3, -0.25) is 9.59 Å². The third-order valence-corrected chi connectivity index (χ3v) is 4.34. The molecule has 0 bridgehead atoms. The van der Waals surface area contributed by atoms with E-state index in [1.165, 1.54) is 13.2 Å². The quantitative estimate of drug-likeness (QED) is 0.529. The topological polar surface area (TPSA) is 97.2 Å². The lowest BCUT2D eigenvalue weighted by Crippen LogP contribution is -2.24. The van der Waals surface area contributed by atoms with Gasteiger partial charge < -0.3 is 14.8 Å². The highest BCUT2D eigenvalue weighted by molar-refractivity contribution is 6.31. The third kappa shape index (κ3) is 2.41. The first kappa shape index (κ1) is 16.2. The van der Waals surface area contributed by atoms with Crippen LogP contribution in [0.2, 0.25) is 5.02 Å². The van der Waals surface area contributed by atoms with Gasteiger partial charge in [0.05, 0.1) is 18.3 Å². The number of methoxy groups -OCH3 is 1. The first-order valence-corrected chi connectivity index (χ1v) is 7.99. The van der Waals surface area contributed by atoms with E-state index in [1.807, 2.05) is 0 Å². The van der Waals surface area contributed by atoms with Crippen molar-refractivity contribution in [1.82, 2.24) is 14.8 Å². The van der Waals surface area contributed by atoms with E-state index in [0.717, 1.165) is 4.68 Å². The number of aromatic hydroxyl groups is 1. The Morgan fingerprint density at radius 3 is 2.58 bits per heavy atom. The van der Waals surface area contributed by atoms with E-state index in [1.54, 1.807) is 36.4 Å². The molecule has 4 rings (SSSR count). The van der Waals surface area contributed by atoms with E-state index in [-0.39, 0.29) is 10.9 Å². The molecular weight excluding hydrogens is 358 g/mol. The number of halogens is 1. The van der Waals surface area contributed by atoms with Gasteiger partial charge in [0.25, 0.3) is 5.56 Å². The molecule has 7 nitrogen and oxygen atoms in total. The van der Waals surface area contributed by atoms with E-state index in [0.29, 0.717) is 27.4 Å². The van der Waals surface area contributed by atoms with Crippen molar-refractivity contribution >= 4 is 33.4 Å². The maximum atomic E-state index is 12.9. The number of H-pyrrole nitrogens is 1. The number of hydrogen-bond acceptors (Lipinski definition) is 5. The minimum absolute atomic E-state index is 0.0481. The van der Waals surface area contributed by atoms with Crippen LogP contribution >= 0.6 is 11.6 Å². The molecule has 4 aromatic rings. The molecule has 0 unspecified atom stereocenters. The van der Waals surface area contributed by atoms with Crippen LogP contribution in [0.5, 0.6) is 11.6 Å². The summed E-state index contributed by atoms with van der Waals surface area (Å²) in [6, 6.07) is 11.2. The molecule has 0 fully saturated rings. The molecule has 2 heterocycles. The van der Waals surface area contributed by atoms with Gasteiger partial charge in [-0.2, -0.15) is 4.68 Å². The number of fused-ring (bicyclic) bond motifs is 2. The Bertz CT molecular complexity index is 1280. The van der Waals surface area contributed by atoms with Crippen LogP contribution < -0.4 is 15.7 Å². The van der Waals surface area contributed by atoms with E-state index in [9.17, 15) is 14.7 Å². The number of aromatic amines is 1. The molecule has 26 heavy (non-hydrogen) atoms. The molecule has 8 heteroatoms. The largest absolute Gasteiger partial charge is 0.497 e. The van der Waals surface area contributed by atoms with Crippen molar-refractivity contribution in [2.45, 2.75) is 0 Å². The van der Waals surface area contributed by atoms with Crippen molar-refractivity contribution < 1.29 is 9.84 Å². The third-order valence-electron chi connectivity index (χ3n) is 4.10. The molecular formula is C18H12ClN3O4. The maximum absolute atomic E-state index is 12.9. The second-order valence-corrected chi connectivity index (χ2v) is 6.07. The number of ether oxygens (including phenoxy) is 1. The number of benzene rings is 2. The molecule has 0 amide bonds. The summed E-state index contributed by atoms with van der Waals surface area (Å²) in [4.78, 5) is 28.4. The zero-order valence-electron chi connectivity index (χ0n) is 13.5. The lowest BCUT2D eigenvalue weighted by molar-refractivity contribution is 0.414. The summed E-state index contributed by atoms with van der Waals surface area (Å²) in [7, 11) is 1.53. The fraction of sp³-hybridized carbons (Fsp3) is 0.0556. The first-order valence-electron chi connectivity index (χ1n) is 7.61. The van der Waals surface area contributed by atoms with Crippen LogP contribution in [-0.4, -0.2) is 27.0 Å². The zero-order valence-corrected chi connectivity index (χ0v) is 14.2. The van der Waals surface area contributed by atoms with Crippen LogP contribution in [0.4, 0.5) is 0 Å². The van der Waals surface area contributed by atoms with Gasteiger partial charge in [0.2, 0.25) is 11.3 Å². The molecule has 130 valence electrons. The predicted octanol–water partition coefficient (Wildman–Crippen LogP) is 2.59. The Morgan fingerprint density at radius 1 is 1.15 bits per heavy atom. The lowest BCUT2D eigenvalue weighted by atomic mass is 10.1. The highest BCUT2D eigenvalue weighted by atomic mass is 35.5. The van der Waals surface area contributed by atoms with Gasteiger partial charge in [-0.1, -0.05) is 11.6 Å². The van der Waals surface area contributed by atoms with Gasteiger partial charge in [-0.05, 0) is 42.5 Å². The van der Waals surface area contributed by atoms with Crippen LogP contribution in [0.25, 0.3) is 27.5 Å². The number of nitrogens with zero attached hydrogens (tertiary/aromatic N) is 2. The van der Waals surface area contributed by atoms with Crippen molar-refractivity contribution in [3.05, 3.63) is 68.1 Å². The predicted molar refractivity (Wildman–Crippen MR) is 98.7 cm³/mol. The maximum Gasteiger partial charge on any atom is 0.296 e. The SMILES string of the molecule is COc1ccc(-n2nc(O)c3c(=O)c4ccc(Cl)cc4[nH]c3c2=O)cc1. The standard InChI is InChI=1S/C18H12ClN3O4/c1-26-11-5-3-10(4-6-11)22-18(25)15-14(17(24)21-22)16(23)12-7-2-9(19)8-13(12)20-15/h2-8H,1H3,(H,20,23)(H,21,24). The zero-order chi connectivity index (χ0) is 18.4. The second kappa shape index (κ2) is 5.89. The molecule has 0 spiro atoms. The summed E-state index contributed by atoms with van der Waals surface area (Å²) in [5.74, 6) is 0.0781. The number of hydrogen-bond donors (Lipinski definition) is 2. The fourth-order valence-electron chi connectivity index (χ4n) is 2.83. The van der Waals surface area contributed by atoms with Crippen LogP contribution in [0.1, 0.15) is 0 Å². The van der Waals surface area contributed by atoms with Gasteiger partial charge in [0, 0.05) is 10.4 Å². The average Bonchev–Trinajstić information content (AvgIpc) is 2.64. The van der Waals surface area contributed by atoms with Gasteiger partial charge >= 0.3 is 0 Å². The number of aromatic nitrogens is 3. The minimum atomic E-state index is -0.568. The summed E-state index contributed by atoms with van der Waals surface area (Å²) in [5, 5.41) is 14.7. The highest BCUT2D eigenvalue weighted by Gasteiger charge is 2.17. The first-order chi connectivity index (χ1) is 12.5. The van der Waals surface area contributed by atoms with E-state index < -0.39 is 16.9 Å². The molecule has 0 atom stereocenters. The van der Waals surface area contributed by atoms with Crippen LogP contribution in [0, 0.1) is 0 Å². The molecule has 0 saturated carbocycles. The van der Waals surface area contributed by atoms with Crippen LogP contribution in [0.15, 0.2) is 52.1 Å². The molecule has 0 aliphatic heterocycles. The Kier molecular flexibility index (Phi) is 3.66. The second-order valence-electron chi connectivity index (χ2n) is 5.63. The number of nitrogens with one attached hydrogen (secondary N) is 1. The van der Waals surface area contributed by atoms with Crippen molar-refractivity contribution in [3.8, 4) is 17.3 Å². The summed E-state index contributed by atoms with van der Waals surface area (Å²) in [6.07, 6.45) is 0. The van der Waals surface area contributed by atoms with E-state index in [4.69, 9.17) is 16.3 Å². The number of pyridine rings is 1. The summed E-state index contributed by atoms with van der Waals surface area (Å²) in [5.41, 5.74) is -0.288. The molecule has 0 aliphatic carbocycles. The Balaban J connectivity index is 2.08. The molecule has 2 aromatic carbocycles. The molecule has 0 radical (unpaired) electrons. The fourth-order valence-corrected chi connectivity index (χ4v) is 3.00. The Hall–Kier alpha value is -3.32. The normalized spacial score (nSPS) is 11.2. The van der Waals surface area contributed by atoms with Crippen molar-refractivity contribution in [2.75, 3.05) is 7.11 Å².